The summed E-state index contributed by atoms with van der Waals surface area (Å²) in [6.07, 6.45) is 1.08. The van der Waals surface area contributed by atoms with Crippen molar-refractivity contribution in [2.45, 2.75) is 25.7 Å². The zero-order chi connectivity index (χ0) is 31.5. The molecule has 0 saturated heterocycles. The van der Waals surface area contributed by atoms with Gasteiger partial charge in [0.1, 0.15) is 17.5 Å². The van der Waals surface area contributed by atoms with Gasteiger partial charge in [0.2, 0.25) is 21.8 Å². The second-order valence-electron chi connectivity index (χ2n) is 10.3. The SMILES string of the molecule is COc1ccc(CNC(=O)[C@H](c2ccccc2)N(Cc2ccc(OC)cc2)C(=O)CN(Cc2ccccc2)S(C)(=O)=O)cc1. The lowest BCUT2D eigenvalue weighted by Crippen LogP contribution is -2.47. The highest BCUT2D eigenvalue weighted by Crippen LogP contribution is 2.26. The largest absolute Gasteiger partial charge is 0.497 e. The maximum absolute atomic E-state index is 14.2. The van der Waals surface area contributed by atoms with Crippen LogP contribution in [-0.2, 0) is 39.2 Å². The van der Waals surface area contributed by atoms with E-state index in [9.17, 15) is 18.0 Å². The highest BCUT2D eigenvalue weighted by molar-refractivity contribution is 7.88. The lowest BCUT2D eigenvalue weighted by atomic mass is 10.0. The van der Waals surface area contributed by atoms with Gasteiger partial charge in [0.25, 0.3) is 0 Å². The summed E-state index contributed by atoms with van der Waals surface area (Å²) in [6.45, 7) is -0.151. The third kappa shape index (κ3) is 8.92. The number of ether oxygens (including phenoxy) is 2. The highest BCUT2D eigenvalue weighted by atomic mass is 32.2. The predicted molar refractivity (Wildman–Crippen MR) is 169 cm³/mol. The molecule has 0 saturated carbocycles. The van der Waals surface area contributed by atoms with Gasteiger partial charge in [-0.15, -0.1) is 0 Å². The molecule has 0 fully saturated rings. The molecule has 0 aliphatic heterocycles. The van der Waals surface area contributed by atoms with Gasteiger partial charge in [0.15, 0.2) is 0 Å². The van der Waals surface area contributed by atoms with Crippen molar-refractivity contribution in [3.63, 3.8) is 0 Å². The molecule has 0 unspecified atom stereocenters. The average Bonchev–Trinajstić information content (AvgIpc) is 3.04. The summed E-state index contributed by atoms with van der Waals surface area (Å²) in [5.41, 5.74) is 2.93. The standard InChI is InChI=1S/C34H37N3O6S/c1-42-30-18-14-26(15-19-30)22-35-34(39)33(29-12-8-5-9-13-29)37(24-28-16-20-31(43-2)21-17-28)32(38)25-36(44(3,40)41)23-27-10-6-4-7-11-27/h4-21,33H,22-25H2,1-3H3,(H,35,39)/t33-/m0/s1. The van der Waals surface area contributed by atoms with E-state index in [-0.39, 0.29) is 19.6 Å². The van der Waals surface area contributed by atoms with Crippen molar-refractivity contribution >= 4 is 21.8 Å². The number of benzene rings is 4. The topological polar surface area (TPSA) is 105 Å². The van der Waals surface area contributed by atoms with Crippen LogP contribution >= 0.6 is 0 Å². The van der Waals surface area contributed by atoms with E-state index in [0.717, 1.165) is 27.3 Å². The highest BCUT2D eigenvalue weighted by Gasteiger charge is 2.33. The van der Waals surface area contributed by atoms with Crippen LogP contribution in [0, 0.1) is 0 Å². The molecule has 230 valence electrons. The second-order valence-corrected chi connectivity index (χ2v) is 12.2. The van der Waals surface area contributed by atoms with Crippen molar-refractivity contribution in [3.05, 3.63) is 131 Å². The number of nitrogens with one attached hydrogen (secondary N) is 1. The number of methoxy groups -OCH3 is 2. The number of carbonyl (C=O) groups excluding carboxylic acids is 2. The second kappa shape index (κ2) is 15.2. The number of hydrogen-bond acceptors (Lipinski definition) is 6. The van der Waals surface area contributed by atoms with E-state index in [1.54, 1.807) is 62.8 Å². The molecule has 1 N–H and O–H groups in total. The Labute approximate surface area is 259 Å². The van der Waals surface area contributed by atoms with E-state index in [2.05, 4.69) is 5.32 Å². The van der Waals surface area contributed by atoms with Gasteiger partial charge in [-0.2, -0.15) is 4.31 Å². The Hall–Kier alpha value is -4.67. The fraction of sp³-hybridized carbons (Fsp3) is 0.235. The third-order valence-corrected chi connectivity index (χ3v) is 8.31. The summed E-state index contributed by atoms with van der Waals surface area (Å²) in [7, 11) is -0.629. The first-order valence-electron chi connectivity index (χ1n) is 14.0. The van der Waals surface area contributed by atoms with E-state index >= 15 is 0 Å². The number of nitrogens with zero attached hydrogens (tertiary/aromatic N) is 2. The van der Waals surface area contributed by atoms with Crippen LogP contribution in [0.3, 0.4) is 0 Å². The quantitative estimate of drug-likeness (QED) is 0.223. The first kappa shape index (κ1) is 32.2. The summed E-state index contributed by atoms with van der Waals surface area (Å²) < 4.78 is 37.3. The first-order chi connectivity index (χ1) is 21.2. The minimum atomic E-state index is -3.78. The molecule has 0 heterocycles. The van der Waals surface area contributed by atoms with Crippen LogP contribution in [0.5, 0.6) is 11.5 Å². The summed E-state index contributed by atoms with van der Waals surface area (Å²) in [6, 6.07) is 31.5. The van der Waals surface area contributed by atoms with Gasteiger partial charge in [-0.25, -0.2) is 8.42 Å². The zero-order valence-corrected chi connectivity index (χ0v) is 25.9. The molecular formula is C34H37N3O6S. The molecule has 2 amide bonds. The van der Waals surface area contributed by atoms with Gasteiger partial charge in [-0.3, -0.25) is 9.59 Å². The first-order valence-corrected chi connectivity index (χ1v) is 15.9. The Balaban J connectivity index is 1.69. The van der Waals surface area contributed by atoms with Crippen molar-refractivity contribution in [2.75, 3.05) is 27.0 Å². The molecular weight excluding hydrogens is 578 g/mol. The molecule has 4 aromatic rings. The number of carbonyl (C=O) groups is 2. The lowest BCUT2D eigenvalue weighted by molar-refractivity contribution is -0.141. The van der Waals surface area contributed by atoms with Crippen LogP contribution in [0.4, 0.5) is 0 Å². The monoisotopic (exact) mass is 615 g/mol. The minimum absolute atomic E-state index is 0.0153. The average molecular weight is 616 g/mol. The summed E-state index contributed by atoms with van der Waals surface area (Å²) in [5, 5.41) is 2.97. The normalized spacial score (nSPS) is 11.9. The molecule has 4 aromatic carbocycles. The fourth-order valence-electron chi connectivity index (χ4n) is 4.71. The fourth-order valence-corrected chi connectivity index (χ4v) is 5.44. The third-order valence-electron chi connectivity index (χ3n) is 7.12. The van der Waals surface area contributed by atoms with Crippen molar-refractivity contribution in [2.24, 2.45) is 0 Å². The van der Waals surface area contributed by atoms with Gasteiger partial charge in [0, 0.05) is 19.6 Å². The zero-order valence-electron chi connectivity index (χ0n) is 25.1. The van der Waals surface area contributed by atoms with Gasteiger partial charge in [0.05, 0.1) is 27.0 Å². The summed E-state index contributed by atoms with van der Waals surface area (Å²) in [4.78, 5) is 29.6. The minimum Gasteiger partial charge on any atom is -0.497 e. The van der Waals surface area contributed by atoms with Crippen molar-refractivity contribution < 1.29 is 27.5 Å². The van der Waals surface area contributed by atoms with Crippen LogP contribution in [0.1, 0.15) is 28.3 Å². The Kier molecular flexibility index (Phi) is 11.1. The van der Waals surface area contributed by atoms with Crippen molar-refractivity contribution in [1.82, 2.24) is 14.5 Å². The lowest BCUT2D eigenvalue weighted by Gasteiger charge is -2.33. The molecule has 9 nitrogen and oxygen atoms in total. The van der Waals surface area contributed by atoms with Crippen LogP contribution in [-0.4, -0.2) is 56.5 Å². The number of amides is 2. The molecule has 0 aliphatic rings. The number of sulfonamides is 1. The van der Waals surface area contributed by atoms with Crippen LogP contribution in [0.25, 0.3) is 0 Å². The van der Waals surface area contributed by atoms with Crippen molar-refractivity contribution in [1.29, 1.82) is 0 Å². The van der Waals surface area contributed by atoms with E-state index in [4.69, 9.17) is 9.47 Å². The van der Waals surface area contributed by atoms with Crippen LogP contribution < -0.4 is 14.8 Å². The van der Waals surface area contributed by atoms with E-state index in [0.29, 0.717) is 17.1 Å². The molecule has 4 rings (SSSR count). The van der Waals surface area contributed by atoms with E-state index in [1.165, 1.54) is 4.90 Å². The Morgan fingerprint density at radius 1 is 0.705 bits per heavy atom. The van der Waals surface area contributed by atoms with Gasteiger partial charge in [-0.1, -0.05) is 84.9 Å². The molecule has 10 heteroatoms. The van der Waals surface area contributed by atoms with Crippen LogP contribution in [0.2, 0.25) is 0 Å². The maximum Gasteiger partial charge on any atom is 0.247 e. The number of rotatable bonds is 14. The summed E-state index contributed by atoms with van der Waals surface area (Å²) in [5.74, 6) is 0.428. The van der Waals surface area contributed by atoms with Crippen LogP contribution in [0.15, 0.2) is 109 Å². The van der Waals surface area contributed by atoms with Crippen molar-refractivity contribution in [3.8, 4) is 11.5 Å². The molecule has 0 spiro atoms. The van der Waals surface area contributed by atoms with Gasteiger partial charge in [-0.05, 0) is 46.5 Å². The maximum atomic E-state index is 14.2. The molecule has 0 aliphatic carbocycles. The summed E-state index contributed by atoms with van der Waals surface area (Å²) >= 11 is 0. The van der Waals surface area contributed by atoms with E-state index < -0.39 is 34.4 Å². The van der Waals surface area contributed by atoms with Gasteiger partial charge < -0.3 is 19.7 Å². The Morgan fingerprint density at radius 3 is 1.73 bits per heavy atom. The molecule has 44 heavy (non-hydrogen) atoms. The molecule has 0 bridgehead atoms. The Morgan fingerprint density at radius 2 is 1.20 bits per heavy atom. The predicted octanol–water partition coefficient (Wildman–Crippen LogP) is 4.55. The molecule has 0 aromatic heterocycles. The smallest absolute Gasteiger partial charge is 0.247 e. The van der Waals surface area contributed by atoms with E-state index in [1.807, 2.05) is 60.7 Å². The molecule has 0 radical (unpaired) electrons. The number of hydrogen-bond donors (Lipinski definition) is 1. The molecule has 1 atom stereocenters. The van der Waals surface area contributed by atoms with Gasteiger partial charge >= 0.3 is 0 Å². The Bertz CT molecular complexity index is 1610.